The summed E-state index contributed by atoms with van der Waals surface area (Å²) in [4.78, 5) is 31.5. The lowest BCUT2D eigenvalue weighted by Gasteiger charge is -2.15. The second kappa shape index (κ2) is 8.93. The molecule has 3 aromatic carbocycles. The Morgan fingerprint density at radius 2 is 1.74 bits per heavy atom. The van der Waals surface area contributed by atoms with Gasteiger partial charge in [-0.15, -0.1) is 0 Å². The van der Waals surface area contributed by atoms with Gasteiger partial charge in [-0.1, -0.05) is 54.6 Å². The number of benzene rings is 3. The second-order valence-corrected chi connectivity index (χ2v) is 7.33. The van der Waals surface area contributed by atoms with Gasteiger partial charge in [0.25, 0.3) is 5.56 Å². The van der Waals surface area contributed by atoms with Crippen LogP contribution in [0, 0.1) is 0 Å². The quantitative estimate of drug-likeness (QED) is 0.462. The summed E-state index contributed by atoms with van der Waals surface area (Å²) >= 11 is 0. The molecule has 6 heteroatoms. The minimum absolute atomic E-state index is 0.0622. The van der Waals surface area contributed by atoms with Crippen molar-refractivity contribution < 1.29 is 9.53 Å². The second-order valence-electron chi connectivity index (χ2n) is 7.33. The molecule has 0 saturated heterocycles. The largest absolute Gasteiger partial charge is 0.465 e. The van der Waals surface area contributed by atoms with Crippen LogP contribution >= 0.6 is 0 Å². The smallest absolute Gasteiger partial charge is 0.337 e. The Morgan fingerprint density at radius 3 is 2.45 bits per heavy atom. The summed E-state index contributed by atoms with van der Waals surface area (Å²) in [5.41, 5.74) is 4.06. The van der Waals surface area contributed by atoms with E-state index in [1.54, 1.807) is 18.2 Å². The molecule has 0 fully saturated rings. The van der Waals surface area contributed by atoms with E-state index in [4.69, 9.17) is 4.74 Å². The Bertz CT molecular complexity index is 1260. The Morgan fingerprint density at radius 1 is 1.03 bits per heavy atom. The Kier molecular flexibility index (Phi) is 5.91. The van der Waals surface area contributed by atoms with Gasteiger partial charge in [0.1, 0.15) is 5.82 Å². The molecule has 1 aromatic heterocycles. The number of aromatic amines is 1. The minimum Gasteiger partial charge on any atom is -0.465 e. The molecule has 2 N–H and O–H groups in total. The maximum absolute atomic E-state index is 12.4. The lowest BCUT2D eigenvalue weighted by molar-refractivity contribution is 0.0601. The van der Waals surface area contributed by atoms with E-state index in [0.29, 0.717) is 28.8 Å². The predicted octanol–water partition coefficient (Wildman–Crippen LogP) is 4.23. The van der Waals surface area contributed by atoms with Crippen LogP contribution in [-0.4, -0.2) is 23.0 Å². The number of nitrogens with zero attached hydrogens (tertiary/aromatic N) is 1. The molecule has 0 amide bonds. The van der Waals surface area contributed by atoms with Crippen LogP contribution in [0.2, 0.25) is 0 Å². The van der Waals surface area contributed by atoms with Crippen molar-refractivity contribution in [3.8, 4) is 11.1 Å². The number of hydrogen-bond acceptors (Lipinski definition) is 5. The molecule has 0 aliphatic rings. The molecule has 1 heterocycles. The fraction of sp³-hybridized carbons (Fsp3) is 0.160. The Balaban J connectivity index is 1.49. The summed E-state index contributed by atoms with van der Waals surface area (Å²) in [5, 5.41) is 3.82. The lowest BCUT2D eigenvalue weighted by atomic mass is 10.0. The van der Waals surface area contributed by atoms with Gasteiger partial charge in [0, 0.05) is 6.04 Å². The minimum atomic E-state index is -0.462. The van der Waals surface area contributed by atoms with Gasteiger partial charge < -0.3 is 15.0 Å². The third-order valence-electron chi connectivity index (χ3n) is 5.27. The Labute approximate surface area is 179 Å². The number of H-pyrrole nitrogens is 1. The third kappa shape index (κ3) is 4.54. The van der Waals surface area contributed by atoms with Gasteiger partial charge in [0.2, 0.25) is 0 Å². The third-order valence-corrected chi connectivity index (χ3v) is 5.27. The molecule has 0 aliphatic heterocycles. The van der Waals surface area contributed by atoms with Crippen molar-refractivity contribution in [1.82, 2.24) is 15.3 Å². The van der Waals surface area contributed by atoms with Gasteiger partial charge in [-0.2, -0.15) is 0 Å². The molecule has 156 valence electrons. The molecule has 4 aromatic rings. The number of rotatable bonds is 6. The van der Waals surface area contributed by atoms with Crippen LogP contribution in [0.15, 0.2) is 77.6 Å². The first-order chi connectivity index (χ1) is 15.0. The number of hydrogen-bond donors (Lipinski definition) is 2. The van der Waals surface area contributed by atoms with E-state index in [1.165, 1.54) is 18.2 Å². The molecule has 0 spiro atoms. The molecule has 0 bridgehead atoms. The topological polar surface area (TPSA) is 84.1 Å². The standard InChI is InChI=1S/C25H23N3O3/c1-16(17-8-10-19(11-9-17)18-6-4-3-5-7-18)26-15-23-27-22-14-20(25(30)31-2)12-13-21(22)24(29)28-23/h3-14,16,26H,15H2,1-2H3,(H,27,28,29)/t16-/m1/s1. The van der Waals surface area contributed by atoms with Gasteiger partial charge in [-0.05, 0) is 41.8 Å². The van der Waals surface area contributed by atoms with Crippen LogP contribution in [0.3, 0.4) is 0 Å². The number of methoxy groups -OCH3 is 1. The molecule has 6 nitrogen and oxygen atoms in total. The predicted molar refractivity (Wildman–Crippen MR) is 121 cm³/mol. The zero-order valence-electron chi connectivity index (χ0n) is 17.4. The van der Waals surface area contributed by atoms with Crippen molar-refractivity contribution in [2.45, 2.75) is 19.5 Å². The van der Waals surface area contributed by atoms with Crippen molar-refractivity contribution >= 4 is 16.9 Å². The SMILES string of the molecule is COC(=O)c1ccc2c(=O)[nH]c(CN[C@H](C)c3ccc(-c4ccccc4)cc3)nc2c1. The van der Waals surface area contributed by atoms with Crippen molar-refractivity contribution in [2.24, 2.45) is 0 Å². The van der Waals surface area contributed by atoms with E-state index in [0.717, 1.165) is 5.56 Å². The number of nitrogens with one attached hydrogen (secondary N) is 2. The molecule has 0 aliphatic carbocycles. The monoisotopic (exact) mass is 413 g/mol. The van der Waals surface area contributed by atoms with Crippen LogP contribution in [-0.2, 0) is 11.3 Å². The van der Waals surface area contributed by atoms with Crippen LogP contribution < -0.4 is 10.9 Å². The molecule has 0 radical (unpaired) electrons. The fourth-order valence-electron chi connectivity index (χ4n) is 3.48. The highest BCUT2D eigenvalue weighted by Crippen LogP contribution is 2.22. The van der Waals surface area contributed by atoms with Crippen LogP contribution in [0.25, 0.3) is 22.0 Å². The first-order valence-electron chi connectivity index (χ1n) is 10.0. The van der Waals surface area contributed by atoms with Crippen molar-refractivity contribution in [3.05, 3.63) is 100 Å². The van der Waals surface area contributed by atoms with Gasteiger partial charge in [0.15, 0.2) is 0 Å². The number of ether oxygens (including phenoxy) is 1. The van der Waals surface area contributed by atoms with Gasteiger partial charge >= 0.3 is 5.97 Å². The number of carbonyl (C=O) groups excluding carboxylic acids is 1. The molecule has 1 atom stereocenters. The summed E-state index contributed by atoms with van der Waals surface area (Å²) in [6.45, 7) is 2.45. The van der Waals surface area contributed by atoms with Gasteiger partial charge in [-0.3, -0.25) is 4.79 Å². The number of aromatic nitrogens is 2. The van der Waals surface area contributed by atoms with E-state index < -0.39 is 5.97 Å². The maximum atomic E-state index is 12.4. The van der Waals surface area contributed by atoms with E-state index in [-0.39, 0.29) is 11.6 Å². The molecule has 4 rings (SSSR count). The molecular weight excluding hydrogens is 390 g/mol. The first-order valence-corrected chi connectivity index (χ1v) is 10.0. The van der Waals surface area contributed by atoms with Gasteiger partial charge in [0.05, 0.1) is 30.1 Å². The highest BCUT2D eigenvalue weighted by Gasteiger charge is 2.11. The zero-order chi connectivity index (χ0) is 21.8. The van der Waals surface area contributed by atoms with Crippen molar-refractivity contribution in [2.75, 3.05) is 7.11 Å². The number of esters is 1. The molecule has 31 heavy (non-hydrogen) atoms. The highest BCUT2D eigenvalue weighted by molar-refractivity contribution is 5.93. The molecule has 0 saturated carbocycles. The normalized spacial score (nSPS) is 11.9. The van der Waals surface area contributed by atoms with Crippen LogP contribution in [0.1, 0.15) is 34.7 Å². The average Bonchev–Trinajstić information content (AvgIpc) is 2.82. The van der Waals surface area contributed by atoms with Crippen molar-refractivity contribution in [1.29, 1.82) is 0 Å². The number of fused-ring (bicyclic) bond motifs is 1. The lowest BCUT2D eigenvalue weighted by Crippen LogP contribution is -2.22. The van der Waals surface area contributed by atoms with E-state index in [2.05, 4.69) is 58.6 Å². The van der Waals surface area contributed by atoms with E-state index in [1.807, 2.05) is 18.2 Å². The van der Waals surface area contributed by atoms with E-state index >= 15 is 0 Å². The summed E-state index contributed by atoms with van der Waals surface area (Å²) in [7, 11) is 1.32. The summed E-state index contributed by atoms with van der Waals surface area (Å²) < 4.78 is 4.75. The maximum Gasteiger partial charge on any atom is 0.337 e. The van der Waals surface area contributed by atoms with E-state index in [9.17, 15) is 9.59 Å². The summed E-state index contributed by atoms with van der Waals surface area (Å²) in [6, 6.07) is 23.4. The van der Waals surface area contributed by atoms with Gasteiger partial charge in [-0.25, -0.2) is 9.78 Å². The molecular formula is C25H23N3O3. The fourth-order valence-corrected chi connectivity index (χ4v) is 3.48. The zero-order valence-corrected chi connectivity index (χ0v) is 17.4. The number of carbonyl (C=O) groups is 1. The van der Waals surface area contributed by atoms with Crippen LogP contribution in [0.5, 0.6) is 0 Å². The van der Waals surface area contributed by atoms with Crippen molar-refractivity contribution in [3.63, 3.8) is 0 Å². The highest BCUT2D eigenvalue weighted by atomic mass is 16.5. The summed E-state index contributed by atoms with van der Waals surface area (Å²) in [6.07, 6.45) is 0. The van der Waals surface area contributed by atoms with Crippen LogP contribution in [0.4, 0.5) is 0 Å². The first kappa shape index (κ1) is 20.5. The summed E-state index contributed by atoms with van der Waals surface area (Å²) in [5.74, 6) is 0.0449. The molecule has 0 unspecified atom stereocenters. The average molecular weight is 413 g/mol. The Hall–Kier alpha value is -3.77.